The first-order chi connectivity index (χ1) is 8.77. The molecular weight excluding hydrogens is 236 g/mol. The van der Waals surface area contributed by atoms with E-state index < -0.39 is 0 Å². The second-order valence-corrected chi connectivity index (χ2v) is 8.13. The lowest BCUT2D eigenvalue weighted by Gasteiger charge is -2.45. The van der Waals surface area contributed by atoms with Crippen LogP contribution >= 0.6 is 0 Å². The Kier molecular flexibility index (Phi) is 4.24. The van der Waals surface area contributed by atoms with Gasteiger partial charge in [0, 0.05) is 25.0 Å². The minimum absolute atomic E-state index is 0.256. The molecule has 0 bridgehead atoms. The first kappa shape index (κ1) is 14.8. The Hall–Kier alpha value is -0.570. The van der Waals surface area contributed by atoms with Crippen LogP contribution in [0.5, 0.6) is 0 Å². The van der Waals surface area contributed by atoms with Gasteiger partial charge in [-0.15, -0.1) is 0 Å². The van der Waals surface area contributed by atoms with E-state index in [2.05, 4.69) is 38.3 Å². The number of amides is 1. The van der Waals surface area contributed by atoms with Crippen molar-refractivity contribution in [2.24, 2.45) is 16.7 Å². The highest BCUT2D eigenvalue weighted by Gasteiger charge is 2.38. The van der Waals surface area contributed by atoms with Crippen molar-refractivity contribution in [2.45, 2.75) is 65.8 Å². The lowest BCUT2D eigenvalue weighted by atomic mass is 9.63. The van der Waals surface area contributed by atoms with E-state index in [9.17, 15) is 4.79 Å². The molecule has 0 saturated heterocycles. The molecule has 1 amide bonds. The molecule has 0 heterocycles. The maximum absolute atomic E-state index is 11.5. The minimum atomic E-state index is 0.256. The SMILES string of the molecule is CC1(C)CC(NCCNC(=O)C2CC2)CC(C)(C)C1. The molecule has 2 saturated carbocycles. The van der Waals surface area contributed by atoms with Crippen molar-refractivity contribution in [3.63, 3.8) is 0 Å². The summed E-state index contributed by atoms with van der Waals surface area (Å²) in [4.78, 5) is 11.5. The Morgan fingerprint density at radius 1 is 1.05 bits per heavy atom. The molecular formula is C16H30N2O. The van der Waals surface area contributed by atoms with Gasteiger partial charge in [0.2, 0.25) is 5.91 Å². The van der Waals surface area contributed by atoms with Crippen LogP contribution in [-0.4, -0.2) is 25.0 Å². The van der Waals surface area contributed by atoms with Crippen LogP contribution in [0.15, 0.2) is 0 Å². The van der Waals surface area contributed by atoms with Crippen molar-refractivity contribution in [1.82, 2.24) is 10.6 Å². The summed E-state index contributed by atoms with van der Waals surface area (Å²) in [6.45, 7) is 11.2. The summed E-state index contributed by atoms with van der Waals surface area (Å²) in [7, 11) is 0. The molecule has 2 N–H and O–H groups in total. The number of carbonyl (C=O) groups is 1. The highest BCUT2D eigenvalue weighted by atomic mass is 16.2. The standard InChI is InChI=1S/C16H30N2O/c1-15(2)9-13(10-16(3,4)11-15)17-7-8-18-14(19)12-5-6-12/h12-13,17H,5-11H2,1-4H3,(H,18,19). The van der Waals surface area contributed by atoms with Crippen molar-refractivity contribution in [3.05, 3.63) is 0 Å². The normalized spacial score (nSPS) is 26.1. The Morgan fingerprint density at radius 3 is 2.16 bits per heavy atom. The maximum atomic E-state index is 11.5. The fourth-order valence-electron chi connectivity index (χ4n) is 3.94. The molecule has 2 aliphatic carbocycles. The predicted octanol–water partition coefficient (Wildman–Crippen LogP) is 2.71. The van der Waals surface area contributed by atoms with Gasteiger partial charge in [-0.05, 0) is 42.9 Å². The molecule has 0 aromatic rings. The van der Waals surface area contributed by atoms with E-state index in [0.717, 1.165) is 25.9 Å². The number of rotatable bonds is 5. The Bertz CT molecular complexity index is 316. The molecule has 110 valence electrons. The van der Waals surface area contributed by atoms with Crippen molar-refractivity contribution < 1.29 is 4.79 Å². The van der Waals surface area contributed by atoms with E-state index in [1.807, 2.05) is 0 Å². The fraction of sp³-hybridized carbons (Fsp3) is 0.938. The second-order valence-electron chi connectivity index (χ2n) is 8.13. The van der Waals surface area contributed by atoms with Crippen LogP contribution in [0.2, 0.25) is 0 Å². The van der Waals surface area contributed by atoms with Crippen molar-refractivity contribution in [2.75, 3.05) is 13.1 Å². The monoisotopic (exact) mass is 266 g/mol. The molecule has 2 fully saturated rings. The molecule has 0 aromatic heterocycles. The first-order valence-corrected chi connectivity index (χ1v) is 7.79. The van der Waals surface area contributed by atoms with Crippen molar-refractivity contribution in [1.29, 1.82) is 0 Å². The Balaban J connectivity index is 1.68. The third-order valence-corrected chi connectivity index (χ3v) is 4.36. The Labute approximate surface area is 117 Å². The topological polar surface area (TPSA) is 41.1 Å². The van der Waals surface area contributed by atoms with Gasteiger partial charge in [0.1, 0.15) is 0 Å². The predicted molar refractivity (Wildman–Crippen MR) is 78.9 cm³/mol. The van der Waals surface area contributed by atoms with E-state index in [0.29, 0.717) is 22.8 Å². The zero-order valence-corrected chi connectivity index (χ0v) is 13.0. The molecule has 3 nitrogen and oxygen atoms in total. The summed E-state index contributed by atoms with van der Waals surface area (Å²) in [6.07, 6.45) is 5.96. The van der Waals surface area contributed by atoms with E-state index in [-0.39, 0.29) is 5.91 Å². The lowest BCUT2D eigenvalue weighted by Crippen LogP contribution is -2.46. The van der Waals surface area contributed by atoms with Crippen LogP contribution < -0.4 is 10.6 Å². The van der Waals surface area contributed by atoms with Gasteiger partial charge in [0.05, 0.1) is 0 Å². The van der Waals surface area contributed by atoms with Gasteiger partial charge in [-0.1, -0.05) is 27.7 Å². The van der Waals surface area contributed by atoms with Gasteiger partial charge >= 0.3 is 0 Å². The first-order valence-electron chi connectivity index (χ1n) is 7.79. The molecule has 19 heavy (non-hydrogen) atoms. The zero-order chi connectivity index (χ0) is 14.1. The van der Waals surface area contributed by atoms with Crippen LogP contribution in [-0.2, 0) is 4.79 Å². The van der Waals surface area contributed by atoms with E-state index in [1.165, 1.54) is 19.3 Å². The van der Waals surface area contributed by atoms with Gasteiger partial charge in [-0.25, -0.2) is 0 Å². The average molecular weight is 266 g/mol. The molecule has 2 aliphatic rings. The van der Waals surface area contributed by atoms with E-state index >= 15 is 0 Å². The minimum Gasteiger partial charge on any atom is -0.355 e. The molecule has 0 aliphatic heterocycles. The largest absolute Gasteiger partial charge is 0.355 e. The summed E-state index contributed by atoms with van der Waals surface area (Å²) in [6, 6.07) is 0.594. The highest BCUT2D eigenvalue weighted by Crippen LogP contribution is 2.45. The van der Waals surface area contributed by atoms with E-state index in [4.69, 9.17) is 0 Å². The summed E-state index contributed by atoms with van der Waals surface area (Å²) in [5.41, 5.74) is 0.855. The highest BCUT2D eigenvalue weighted by molar-refractivity contribution is 5.80. The second kappa shape index (κ2) is 5.43. The summed E-state index contributed by atoms with van der Waals surface area (Å²) in [5.74, 6) is 0.582. The number of hydrogen-bond acceptors (Lipinski definition) is 2. The molecule has 0 radical (unpaired) electrons. The van der Waals surface area contributed by atoms with Crippen LogP contribution in [0.4, 0.5) is 0 Å². The molecule has 0 unspecified atom stereocenters. The number of hydrogen-bond donors (Lipinski definition) is 2. The van der Waals surface area contributed by atoms with Gasteiger partial charge in [0.25, 0.3) is 0 Å². The molecule has 0 aromatic carbocycles. The average Bonchev–Trinajstić information content (AvgIpc) is 3.02. The van der Waals surface area contributed by atoms with Gasteiger partial charge in [-0.2, -0.15) is 0 Å². The molecule has 0 atom stereocenters. The molecule has 0 spiro atoms. The van der Waals surface area contributed by atoms with Gasteiger partial charge < -0.3 is 10.6 Å². The number of nitrogens with one attached hydrogen (secondary N) is 2. The van der Waals surface area contributed by atoms with Gasteiger partial charge in [0.15, 0.2) is 0 Å². The molecule has 3 heteroatoms. The molecule has 2 rings (SSSR count). The fourth-order valence-corrected chi connectivity index (χ4v) is 3.94. The van der Waals surface area contributed by atoms with Crippen molar-refractivity contribution >= 4 is 5.91 Å². The van der Waals surface area contributed by atoms with Crippen LogP contribution in [0, 0.1) is 16.7 Å². The summed E-state index contributed by atoms with van der Waals surface area (Å²) in [5, 5.41) is 6.66. The third-order valence-electron chi connectivity index (χ3n) is 4.36. The van der Waals surface area contributed by atoms with Crippen LogP contribution in [0.1, 0.15) is 59.8 Å². The summed E-state index contributed by atoms with van der Waals surface area (Å²) < 4.78 is 0. The summed E-state index contributed by atoms with van der Waals surface area (Å²) >= 11 is 0. The van der Waals surface area contributed by atoms with Crippen LogP contribution in [0.3, 0.4) is 0 Å². The Morgan fingerprint density at radius 2 is 1.63 bits per heavy atom. The quantitative estimate of drug-likeness (QED) is 0.751. The van der Waals surface area contributed by atoms with Crippen LogP contribution in [0.25, 0.3) is 0 Å². The van der Waals surface area contributed by atoms with Gasteiger partial charge in [-0.3, -0.25) is 4.79 Å². The number of carbonyl (C=O) groups excluding carboxylic acids is 1. The van der Waals surface area contributed by atoms with Crippen molar-refractivity contribution in [3.8, 4) is 0 Å². The third kappa shape index (κ3) is 4.79. The smallest absolute Gasteiger partial charge is 0.223 e. The maximum Gasteiger partial charge on any atom is 0.223 e. The van der Waals surface area contributed by atoms with E-state index in [1.54, 1.807) is 0 Å². The zero-order valence-electron chi connectivity index (χ0n) is 13.0. The lowest BCUT2D eigenvalue weighted by molar-refractivity contribution is -0.122.